The molecule has 0 spiro atoms. The molecule has 0 aliphatic heterocycles. The average molecular weight is 133 g/mol. The molecule has 52 valence electrons. The lowest BCUT2D eigenvalue weighted by Crippen LogP contribution is -2.23. The van der Waals surface area contributed by atoms with Gasteiger partial charge in [-0.05, 0) is 5.16 Å². The number of methoxy groups -OCH3 is 1. The summed E-state index contributed by atoms with van der Waals surface area (Å²) >= 11 is 0. The highest BCUT2D eigenvalue weighted by Gasteiger charge is 1.96. The van der Waals surface area contributed by atoms with Crippen LogP contribution in [-0.4, -0.2) is 19.2 Å². The van der Waals surface area contributed by atoms with Crippen molar-refractivity contribution in [3.05, 3.63) is 0 Å². The van der Waals surface area contributed by atoms with Gasteiger partial charge < -0.3 is 16.2 Å². The molecule has 4 N–H and O–H groups in total. The molecule has 0 aromatic carbocycles. The molecular formula is C3H7N3O3. The first kappa shape index (κ1) is 7.54. The van der Waals surface area contributed by atoms with E-state index in [1.54, 1.807) is 0 Å². The van der Waals surface area contributed by atoms with Crippen LogP contribution >= 0.6 is 0 Å². The first-order valence-corrected chi connectivity index (χ1v) is 2.00. The second kappa shape index (κ2) is 3.53. The van der Waals surface area contributed by atoms with Gasteiger partial charge in [0.1, 0.15) is 0 Å². The van der Waals surface area contributed by atoms with Gasteiger partial charge in [-0.15, -0.1) is 0 Å². The molecule has 0 radical (unpaired) electrons. The Labute approximate surface area is 51.4 Å². The predicted octanol–water partition coefficient (Wildman–Crippen LogP) is -1.04. The van der Waals surface area contributed by atoms with Crippen LogP contribution in [0.15, 0.2) is 5.16 Å². The molecule has 0 aromatic rings. The van der Waals surface area contributed by atoms with Gasteiger partial charge in [0, 0.05) is 0 Å². The third-order valence-corrected chi connectivity index (χ3v) is 0.392. The van der Waals surface area contributed by atoms with Gasteiger partial charge in [0.15, 0.2) is 0 Å². The van der Waals surface area contributed by atoms with Crippen LogP contribution in [0.5, 0.6) is 0 Å². The quantitative estimate of drug-likeness (QED) is 0.156. The molecule has 0 saturated heterocycles. The second-order valence-corrected chi connectivity index (χ2v) is 1.06. The van der Waals surface area contributed by atoms with Gasteiger partial charge in [-0.25, -0.2) is 4.79 Å². The monoisotopic (exact) mass is 133 g/mol. The van der Waals surface area contributed by atoms with Gasteiger partial charge in [-0.3, -0.25) is 4.84 Å². The molecule has 0 aliphatic rings. The van der Waals surface area contributed by atoms with Crippen molar-refractivity contribution in [1.29, 1.82) is 0 Å². The summed E-state index contributed by atoms with van der Waals surface area (Å²) in [4.78, 5) is 14.0. The van der Waals surface area contributed by atoms with Crippen molar-refractivity contribution in [3.8, 4) is 0 Å². The van der Waals surface area contributed by atoms with E-state index in [2.05, 4.69) is 14.7 Å². The third kappa shape index (κ3) is 4.39. The molecule has 0 fully saturated rings. The Morgan fingerprint density at radius 1 is 1.56 bits per heavy atom. The summed E-state index contributed by atoms with van der Waals surface area (Å²) in [5.41, 5.74) is 9.58. The van der Waals surface area contributed by atoms with Gasteiger partial charge in [-0.2, -0.15) is 0 Å². The lowest BCUT2D eigenvalue weighted by molar-refractivity contribution is 0.0751. The molecular weight excluding hydrogens is 126 g/mol. The summed E-state index contributed by atoms with van der Waals surface area (Å²) < 4.78 is 4.02. The highest BCUT2D eigenvalue weighted by Crippen LogP contribution is 1.79. The van der Waals surface area contributed by atoms with Crippen LogP contribution in [0, 0.1) is 0 Å². The van der Waals surface area contributed by atoms with Gasteiger partial charge >= 0.3 is 6.16 Å². The number of rotatable bonds is 1. The number of hydrogen-bond acceptors (Lipinski definition) is 4. The van der Waals surface area contributed by atoms with E-state index < -0.39 is 6.16 Å². The largest absolute Gasteiger partial charge is 0.534 e. The van der Waals surface area contributed by atoms with Crippen molar-refractivity contribution in [3.63, 3.8) is 0 Å². The van der Waals surface area contributed by atoms with Crippen LogP contribution < -0.4 is 11.5 Å². The van der Waals surface area contributed by atoms with E-state index in [1.165, 1.54) is 0 Å². The maximum absolute atomic E-state index is 10.1. The van der Waals surface area contributed by atoms with Crippen LogP contribution in [0.25, 0.3) is 0 Å². The van der Waals surface area contributed by atoms with Crippen LogP contribution in [0.4, 0.5) is 4.79 Å². The minimum absolute atomic E-state index is 0.333. The van der Waals surface area contributed by atoms with Crippen LogP contribution in [0.2, 0.25) is 0 Å². The number of hydrogen-bond donors (Lipinski definition) is 2. The number of nitrogens with zero attached hydrogens (tertiary/aromatic N) is 1. The zero-order chi connectivity index (χ0) is 7.28. The topological polar surface area (TPSA) is 99.9 Å². The van der Waals surface area contributed by atoms with Crippen molar-refractivity contribution in [1.82, 2.24) is 0 Å². The Kier molecular flexibility index (Phi) is 2.96. The maximum Gasteiger partial charge on any atom is 0.534 e. The molecule has 9 heavy (non-hydrogen) atoms. The number of oxime groups is 1. The molecule has 0 saturated carbocycles. The smallest absolute Gasteiger partial charge is 0.436 e. The maximum atomic E-state index is 10.1. The average Bonchev–Trinajstić information content (AvgIpc) is 1.83. The van der Waals surface area contributed by atoms with E-state index in [0.717, 1.165) is 7.11 Å². The summed E-state index contributed by atoms with van der Waals surface area (Å²) in [6, 6.07) is 0. The molecule has 0 rings (SSSR count). The lowest BCUT2D eigenvalue weighted by atomic mass is 11.1. The van der Waals surface area contributed by atoms with Gasteiger partial charge in [0.2, 0.25) is 5.96 Å². The summed E-state index contributed by atoms with van der Waals surface area (Å²) in [7, 11) is 1.14. The fraction of sp³-hybridized carbons (Fsp3) is 0.333. The molecule has 0 aromatic heterocycles. The van der Waals surface area contributed by atoms with E-state index in [9.17, 15) is 4.79 Å². The Morgan fingerprint density at radius 3 is 2.44 bits per heavy atom. The zero-order valence-corrected chi connectivity index (χ0v) is 4.83. The number of carbonyl (C=O) groups excluding carboxylic acids is 1. The van der Waals surface area contributed by atoms with Gasteiger partial charge in [-0.1, -0.05) is 0 Å². The molecule has 0 bridgehead atoms. The number of carbonyl (C=O) groups is 1. The van der Waals surface area contributed by atoms with E-state index in [-0.39, 0.29) is 5.96 Å². The normalized spacial score (nSPS) is 7.67. The zero-order valence-electron chi connectivity index (χ0n) is 4.83. The van der Waals surface area contributed by atoms with Crippen LogP contribution in [-0.2, 0) is 9.57 Å². The molecule has 0 atom stereocenters. The predicted molar refractivity (Wildman–Crippen MR) is 29.3 cm³/mol. The molecule has 6 heteroatoms. The summed E-state index contributed by atoms with van der Waals surface area (Å²) in [6.45, 7) is 0. The van der Waals surface area contributed by atoms with Crippen molar-refractivity contribution < 1.29 is 14.4 Å². The SMILES string of the molecule is COC(=O)ON=C(N)N. The van der Waals surface area contributed by atoms with E-state index in [4.69, 9.17) is 11.5 Å². The number of ether oxygens (including phenoxy) is 1. The fourth-order valence-corrected chi connectivity index (χ4v) is 0.127. The second-order valence-electron chi connectivity index (χ2n) is 1.06. The Balaban J connectivity index is 3.50. The van der Waals surface area contributed by atoms with Crippen molar-refractivity contribution in [2.75, 3.05) is 7.11 Å². The Hall–Kier alpha value is -1.46. The molecule has 6 nitrogen and oxygen atoms in total. The van der Waals surface area contributed by atoms with E-state index >= 15 is 0 Å². The molecule has 0 aliphatic carbocycles. The van der Waals surface area contributed by atoms with Crippen molar-refractivity contribution in [2.45, 2.75) is 0 Å². The molecule has 0 unspecified atom stereocenters. The fourth-order valence-electron chi connectivity index (χ4n) is 0.127. The molecule has 0 amide bonds. The summed E-state index contributed by atoms with van der Waals surface area (Å²) in [6.07, 6.45) is -0.955. The summed E-state index contributed by atoms with van der Waals surface area (Å²) in [5, 5.41) is 2.89. The Bertz CT molecular complexity index is 128. The highest BCUT2D eigenvalue weighted by molar-refractivity contribution is 5.75. The lowest BCUT2D eigenvalue weighted by Gasteiger charge is -1.92. The third-order valence-electron chi connectivity index (χ3n) is 0.392. The summed E-state index contributed by atoms with van der Waals surface area (Å²) in [5.74, 6) is -0.333. The van der Waals surface area contributed by atoms with E-state index in [1.807, 2.05) is 0 Å². The Morgan fingerprint density at radius 2 is 2.11 bits per heavy atom. The first-order valence-electron chi connectivity index (χ1n) is 2.00. The van der Waals surface area contributed by atoms with Gasteiger partial charge in [0.25, 0.3) is 0 Å². The first-order chi connectivity index (χ1) is 4.16. The molecule has 0 heterocycles. The van der Waals surface area contributed by atoms with Crippen molar-refractivity contribution >= 4 is 12.1 Å². The minimum atomic E-state index is -0.955. The van der Waals surface area contributed by atoms with Crippen molar-refractivity contribution in [2.24, 2.45) is 16.6 Å². The number of guanidine groups is 1. The van der Waals surface area contributed by atoms with E-state index in [0.29, 0.717) is 0 Å². The highest BCUT2D eigenvalue weighted by atomic mass is 16.8. The minimum Gasteiger partial charge on any atom is -0.436 e. The van der Waals surface area contributed by atoms with Gasteiger partial charge in [0.05, 0.1) is 7.11 Å². The number of nitrogens with two attached hydrogens (primary N) is 2. The van der Waals surface area contributed by atoms with Crippen LogP contribution in [0.3, 0.4) is 0 Å². The van der Waals surface area contributed by atoms with Crippen LogP contribution in [0.1, 0.15) is 0 Å². The standard InChI is InChI=1S/C3H7N3O3/c1-8-3(7)9-6-2(4)5/h1H3,(H4,4,5,6).